The van der Waals surface area contributed by atoms with Crippen LogP contribution in [0.4, 0.5) is 5.69 Å². The topological polar surface area (TPSA) is 49.9 Å². The second kappa shape index (κ2) is 7.04. The lowest BCUT2D eigenvalue weighted by atomic mass is 10.1. The Balaban J connectivity index is 1.82. The molecule has 134 valence electrons. The highest BCUT2D eigenvalue weighted by atomic mass is 35.5. The zero-order valence-corrected chi connectivity index (χ0v) is 15.9. The van der Waals surface area contributed by atoms with Gasteiger partial charge >= 0.3 is 0 Å². The van der Waals surface area contributed by atoms with Crippen LogP contribution in [0.3, 0.4) is 0 Å². The summed E-state index contributed by atoms with van der Waals surface area (Å²) in [6.07, 6.45) is 0. The van der Waals surface area contributed by atoms with Crippen LogP contribution >= 0.6 is 34.5 Å². The molecule has 1 aromatic carbocycles. The van der Waals surface area contributed by atoms with Gasteiger partial charge in [-0.05, 0) is 29.6 Å². The van der Waals surface area contributed by atoms with Gasteiger partial charge in [0.05, 0.1) is 24.5 Å². The molecular formula is C18H14Cl2N2O3S. The number of carbonyl (C=O) groups is 2. The third kappa shape index (κ3) is 3.03. The van der Waals surface area contributed by atoms with Gasteiger partial charge in [0.1, 0.15) is 5.70 Å². The maximum Gasteiger partial charge on any atom is 0.282 e. The van der Waals surface area contributed by atoms with E-state index in [0.29, 0.717) is 53.3 Å². The smallest absolute Gasteiger partial charge is 0.282 e. The zero-order valence-electron chi connectivity index (χ0n) is 13.6. The van der Waals surface area contributed by atoms with Crippen molar-refractivity contribution in [3.63, 3.8) is 0 Å². The molecule has 0 spiro atoms. The van der Waals surface area contributed by atoms with Crippen LogP contribution in [0.25, 0.3) is 5.57 Å². The second-order valence-electron chi connectivity index (χ2n) is 5.87. The number of thiophene rings is 1. The first-order valence-corrected chi connectivity index (χ1v) is 9.65. The number of morpholine rings is 1. The van der Waals surface area contributed by atoms with Gasteiger partial charge in [0.2, 0.25) is 0 Å². The summed E-state index contributed by atoms with van der Waals surface area (Å²) in [7, 11) is 0. The Morgan fingerprint density at radius 3 is 2.31 bits per heavy atom. The molecule has 0 radical (unpaired) electrons. The number of rotatable bonds is 3. The number of anilines is 1. The van der Waals surface area contributed by atoms with Crippen molar-refractivity contribution in [2.75, 3.05) is 31.2 Å². The molecule has 0 saturated carbocycles. The molecule has 3 heterocycles. The largest absolute Gasteiger partial charge is 0.378 e. The number of imide groups is 1. The van der Waals surface area contributed by atoms with Crippen LogP contribution in [0.2, 0.25) is 10.0 Å². The van der Waals surface area contributed by atoms with Gasteiger partial charge in [-0.1, -0.05) is 29.3 Å². The van der Waals surface area contributed by atoms with E-state index in [0.717, 1.165) is 9.78 Å². The minimum atomic E-state index is -0.364. The molecule has 2 amide bonds. The Labute approximate surface area is 164 Å². The molecule has 1 saturated heterocycles. The molecule has 0 aliphatic carbocycles. The molecule has 2 aliphatic heterocycles. The number of halogens is 2. The van der Waals surface area contributed by atoms with E-state index in [2.05, 4.69) is 0 Å². The molecule has 2 aromatic rings. The lowest BCUT2D eigenvalue weighted by Gasteiger charge is -2.29. The first-order valence-electron chi connectivity index (χ1n) is 8.02. The zero-order chi connectivity index (χ0) is 18.3. The third-order valence-corrected chi connectivity index (χ3v) is 5.58. The highest BCUT2D eigenvalue weighted by Crippen LogP contribution is 2.38. The summed E-state index contributed by atoms with van der Waals surface area (Å²) in [6.45, 7) is 2.16. The molecule has 5 nitrogen and oxygen atoms in total. The number of amides is 2. The van der Waals surface area contributed by atoms with Gasteiger partial charge in [0.15, 0.2) is 0 Å². The van der Waals surface area contributed by atoms with Crippen molar-refractivity contribution < 1.29 is 14.3 Å². The summed E-state index contributed by atoms with van der Waals surface area (Å²) in [5.41, 5.74) is 1.20. The lowest BCUT2D eigenvalue weighted by molar-refractivity contribution is -0.121. The van der Waals surface area contributed by atoms with E-state index >= 15 is 0 Å². The number of nitrogens with zero attached hydrogens (tertiary/aromatic N) is 2. The van der Waals surface area contributed by atoms with Gasteiger partial charge in [-0.25, -0.2) is 4.90 Å². The summed E-state index contributed by atoms with van der Waals surface area (Å²) in [4.78, 5) is 30.3. The summed E-state index contributed by atoms with van der Waals surface area (Å²) < 4.78 is 5.38. The summed E-state index contributed by atoms with van der Waals surface area (Å²) >= 11 is 13.6. The fourth-order valence-corrected chi connectivity index (χ4v) is 4.42. The van der Waals surface area contributed by atoms with E-state index in [-0.39, 0.29) is 11.8 Å². The molecule has 1 aromatic heterocycles. The van der Waals surface area contributed by atoms with E-state index in [4.69, 9.17) is 27.9 Å². The van der Waals surface area contributed by atoms with Crippen molar-refractivity contribution in [1.82, 2.24) is 4.90 Å². The minimum absolute atomic E-state index is 0.362. The standard InChI is InChI=1S/C18H14Cl2N2O3S/c19-11-8-12(20)10-13(9-11)22-17(23)15(14-2-1-7-26-14)16(18(22)24)21-3-5-25-6-4-21/h1-2,7-10H,3-6H2. The van der Waals surface area contributed by atoms with Crippen LogP contribution in [0, 0.1) is 0 Å². The van der Waals surface area contributed by atoms with Gasteiger partial charge in [-0.2, -0.15) is 0 Å². The normalized spacial score (nSPS) is 18.2. The van der Waals surface area contributed by atoms with Gasteiger partial charge in [-0.15, -0.1) is 11.3 Å². The van der Waals surface area contributed by atoms with E-state index < -0.39 is 0 Å². The Hall–Kier alpha value is -1.86. The molecular weight excluding hydrogens is 395 g/mol. The molecule has 1 fully saturated rings. The molecule has 8 heteroatoms. The Morgan fingerprint density at radius 2 is 1.69 bits per heavy atom. The SMILES string of the molecule is O=C1C(c2cccs2)=C(N2CCOCC2)C(=O)N1c1cc(Cl)cc(Cl)c1. The van der Waals surface area contributed by atoms with Gasteiger partial charge in [0, 0.05) is 28.0 Å². The van der Waals surface area contributed by atoms with Crippen LogP contribution in [0.5, 0.6) is 0 Å². The maximum absolute atomic E-state index is 13.2. The first kappa shape index (κ1) is 17.5. The van der Waals surface area contributed by atoms with Crippen LogP contribution in [0.15, 0.2) is 41.4 Å². The van der Waals surface area contributed by atoms with Crippen LogP contribution < -0.4 is 4.90 Å². The number of carbonyl (C=O) groups excluding carboxylic acids is 2. The number of hydrogen-bond donors (Lipinski definition) is 0. The summed E-state index contributed by atoms with van der Waals surface area (Å²) in [5, 5.41) is 2.62. The Morgan fingerprint density at radius 1 is 1.00 bits per heavy atom. The van der Waals surface area contributed by atoms with Gasteiger partial charge in [0.25, 0.3) is 11.8 Å². The second-order valence-corrected chi connectivity index (χ2v) is 7.69. The third-order valence-electron chi connectivity index (χ3n) is 4.26. The van der Waals surface area contributed by atoms with Crippen molar-refractivity contribution in [1.29, 1.82) is 0 Å². The quantitative estimate of drug-likeness (QED) is 0.726. The van der Waals surface area contributed by atoms with Crippen molar-refractivity contribution in [2.45, 2.75) is 0 Å². The highest BCUT2D eigenvalue weighted by Gasteiger charge is 2.43. The average molecular weight is 409 g/mol. The molecule has 4 rings (SSSR count). The lowest BCUT2D eigenvalue weighted by Crippen LogP contribution is -2.40. The maximum atomic E-state index is 13.2. The van der Waals surface area contributed by atoms with Crippen LogP contribution in [0.1, 0.15) is 4.88 Å². The Bertz CT molecular complexity index is 885. The number of hydrogen-bond acceptors (Lipinski definition) is 5. The highest BCUT2D eigenvalue weighted by molar-refractivity contribution is 7.11. The predicted octanol–water partition coefficient (Wildman–Crippen LogP) is 3.67. The molecule has 0 bridgehead atoms. The van der Waals surface area contributed by atoms with Crippen molar-refractivity contribution in [3.05, 3.63) is 56.3 Å². The molecule has 26 heavy (non-hydrogen) atoms. The van der Waals surface area contributed by atoms with E-state index in [9.17, 15) is 9.59 Å². The van der Waals surface area contributed by atoms with E-state index in [1.165, 1.54) is 11.3 Å². The number of benzene rings is 1. The molecule has 0 N–H and O–H groups in total. The van der Waals surface area contributed by atoms with E-state index in [1.807, 2.05) is 22.4 Å². The van der Waals surface area contributed by atoms with E-state index in [1.54, 1.807) is 18.2 Å². The predicted molar refractivity (Wildman–Crippen MR) is 103 cm³/mol. The molecule has 2 aliphatic rings. The van der Waals surface area contributed by atoms with Crippen molar-refractivity contribution >= 4 is 57.6 Å². The summed E-state index contributed by atoms with van der Waals surface area (Å²) in [6, 6.07) is 8.41. The Kier molecular flexibility index (Phi) is 4.75. The van der Waals surface area contributed by atoms with Crippen molar-refractivity contribution in [2.24, 2.45) is 0 Å². The monoisotopic (exact) mass is 408 g/mol. The molecule has 0 atom stereocenters. The first-order chi connectivity index (χ1) is 12.6. The molecule has 0 unspecified atom stereocenters. The number of ether oxygens (including phenoxy) is 1. The minimum Gasteiger partial charge on any atom is -0.378 e. The van der Waals surface area contributed by atoms with Crippen LogP contribution in [-0.4, -0.2) is 43.0 Å². The van der Waals surface area contributed by atoms with Gasteiger partial charge in [-0.3, -0.25) is 9.59 Å². The van der Waals surface area contributed by atoms with Crippen molar-refractivity contribution in [3.8, 4) is 0 Å². The summed E-state index contributed by atoms with van der Waals surface area (Å²) in [5.74, 6) is -0.726. The van der Waals surface area contributed by atoms with Gasteiger partial charge < -0.3 is 9.64 Å². The van der Waals surface area contributed by atoms with Crippen LogP contribution in [-0.2, 0) is 14.3 Å². The average Bonchev–Trinajstić information content (AvgIpc) is 3.21. The fraction of sp³-hybridized carbons (Fsp3) is 0.222. The fourth-order valence-electron chi connectivity index (χ4n) is 3.14.